The quantitative estimate of drug-likeness (QED) is 0.550. The van der Waals surface area contributed by atoms with Crippen molar-refractivity contribution in [3.8, 4) is 0 Å². The number of nitrogens with zero attached hydrogens (tertiary/aromatic N) is 3. The minimum absolute atomic E-state index is 0.320. The van der Waals surface area contributed by atoms with Gasteiger partial charge in [0.2, 0.25) is 0 Å². The Kier molecular flexibility index (Phi) is 7.29. The van der Waals surface area contributed by atoms with Crippen molar-refractivity contribution in [3.63, 3.8) is 0 Å². The molecule has 1 amide bonds. The molecule has 3 aromatic rings. The SMILES string of the molecule is C[C@H]1CN(Cc2ccc(C(=O)Nc3ccc(C(F)(F)F)cc3)cc2)CCN1Cc1cccnc1. The second-order valence-corrected chi connectivity index (χ2v) is 8.64. The van der Waals surface area contributed by atoms with Crippen LogP contribution in [0, 0.1) is 0 Å². The lowest BCUT2D eigenvalue weighted by Gasteiger charge is -2.40. The number of aromatic nitrogens is 1. The van der Waals surface area contributed by atoms with Crippen LogP contribution in [0.25, 0.3) is 0 Å². The van der Waals surface area contributed by atoms with Crippen LogP contribution in [0.1, 0.15) is 34.0 Å². The van der Waals surface area contributed by atoms with Crippen molar-refractivity contribution in [2.24, 2.45) is 0 Å². The standard InChI is InChI=1S/C26H27F3N4O/c1-19-16-32(13-14-33(19)18-21-3-2-12-30-15-21)17-20-4-6-22(7-5-20)25(34)31-24-10-8-23(9-11-24)26(27,28)29/h2-12,15,19H,13-14,16-18H2,1H3,(H,31,34)/t19-/m0/s1. The summed E-state index contributed by atoms with van der Waals surface area (Å²) in [6.07, 6.45) is -0.703. The molecule has 0 unspecified atom stereocenters. The molecule has 1 aliphatic rings. The number of hydrogen-bond donors (Lipinski definition) is 1. The maximum Gasteiger partial charge on any atom is 0.416 e. The third-order valence-corrected chi connectivity index (χ3v) is 6.05. The highest BCUT2D eigenvalue weighted by Crippen LogP contribution is 2.30. The number of piperazine rings is 1. The van der Waals surface area contributed by atoms with Gasteiger partial charge >= 0.3 is 6.18 Å². The lowest BCUT2D eigenvalue weighted by Crippen LogP contribution is -2.50. The van der Waals surface area contributed by atoms with Gasteiger partial charge in [0, 0.05) is 62.4 Å². The van der Waals surface area contributed by atoms with Crippen molar-refractivity contribution in [3.05, 3.63) is 95.3 Å². The van der Waals surface area contributed by atoms with E-state index in [9.17, 15) is 18.0 Å². The van der Waals surface area contributed by atoms with Gasteiger partial charge in [-0.05, 0) is 60.5 Å². The number of amides is 1. The second-order valence-electron chi connectivity index (χ2n) is 8.64. The smallest absolute Gasteiger partial charge is 0.322 e. The first-order chi connectivity index (χ1) is 16.3. The highest BCUT2D eigenvalue weighted by Gasteiger charge is 2.30. The zero-order valence-electron chi connectivity index (χ0n) is 18.9. The van der Waals surface area contributed by atoms with E-state index in [4.69, 9.17) is 0 Å². The summed E-state index contributed by atoms with van der Waals surface area (Å²) in [5, 5.41) is 2.64. The summed E-state index contributed by atoms with van der Waals surface area (Å²) < 4.78 is 38.1. The first-order valence-corrected chi connectivity index (χ1v) is 11.2. The fraction of sp³-hybridized carbons (Fsp3) is 0.308. The molecule has 4 rings (SSSR count). The largest absolute Gasteiger partial charge is 0.416 e. The first kappa shape index (κ1) is 23.9. The van der Waals surface area contributed by atoms with Gasteiger partial charge in [0.25, 0.3) is 5.91 Å². The predicted molar refractivity (Wildman–Crippen MR) is 125 cm³/mol. The number of rotatable bonds is 6. The van der Waals surface area contributed by atoms with Crippen LogP contribution in [0.3, 0.4) is 0 Å². The minimum Gasteiger partial charge on any atom is -0.322 e. The average Bonchev–Trinajstić information content (AvgIpc) is 2.82. The van der Waals surface area contributed by atoms with E-state index in [0.29, 0.717) is 17.3 Å². The lowest BCUT2D eigenvalue weighted by molar-refractivity contribution is -0.137. The van der Waals surface area contributed by atoms with Gasteiger partial charge in [-0.25, -0.2) is 0 Å². The Labute approximate surface area is 197 Å². The van der Waals surface area contributed by atoms with Crippen LogP contribution in [0.4, 0.5) is 18.9 Å². The van der Waals surface area contributed by atoms with E-state index in [-0.39, 0.29) is 5.91 Å². The van der Waals surface area contributed by atoms with Crippen LogP contribution in [0.2, 0.25) is 0 Å². The van der Waals surface area contributed by atoms with Gasteiger partial charge < -0.3 is 5.32 Å². The zero-order valence-corrected chi connectivity index (χ0v) is 18.9. The number of nitrogens with one attached hydrogen (secondary N) is 1. The second kappa shape index (κ2) is 10.4. The molecule has 34 heavy (non-hydrogen) atoms. The number of anilines is 1. The highest BCUT2D eigenvalue weighted by molar-refractivity contribution is 6.04. The lowest BCUT2D eigenvalue weighted by atomic mass is 10.1. The Bertz CT molecular complexity index is 1090. The number of pyridine rings is 1. The molecule has 2 heterocycles. The Morgan fingerprint density at radius 2 is 1.74 bits per heavy atom. The summed E-state index contributed by atoms with van der Waals surface area (Å²) in [5.74, 6) is -0.357. The summed E-state index contributed by atoms with van der Waals surface area (Å²) in [4.78, 5) is 21.5. The van der Waals surface area contributed by atoms with Gasteiger partial charge in [-0.15, -0.1) is 0 Å². The molecule has 1 fully saturated rings. The molecule has 2 aromatic carbocycles. The molecule has 1 atom stereocenters. The Balaban J connectivity index is 1.28. The van der Waals surface area contributed by atoms with Gasteiger partial charge in [0.05, 0.1) is 5.56 Å². The maximum absolute atomic E-state index is 12.7. The van der Waals surface area contributed by atoms with Crippen LogP contribution in [-0.2, 0) is 19.3 Å². The van der Waals surface area contributed by atoms with Crippen LogP contribution in [0.5, 0.6) is 0 Å². The molecule has 1 aromatic heterocycles. The number of carbonyl (C=O) groups is 1. The molecule has 1 saturated heterocycles. The third-order valence-electron chi connectivity index (χ3n) is 6.05. The predicted octanol–water partition coefficient (Wildman–Crippen LogP) is 5.06. The van der Waals surface area contributed by atoms with E-state index < -0.39 is 11.7 Å². The topological polar surface area (TPSA) is 48.5 Å². The molecule has 0 aliphatic carbocycles. The first-order valence-electron chi connectivity index (χ1n) is 11.2. The molecule has 0 radical (unpaired) electrons. The van der Waals surface area contributed by atoms with Crippen LogP contribution >= 0.6 is 0 Å². The van der Waals surface area contributed by atoms with E-state index in [1.54, 1.807) is 18.3 Å². The van der Waals surface area contributed by atoms with Gasteiger partial charge in [0.1, 0.15) is 0 Å². The molecular formula is C26H27F3N4O. The Hall–Kier alpha value is -3.23. The number of hydrogen-bond acceptors (Lipinski definition) is 4. The van der Waals surface area contributed by atoms with E-state index in [0.717, 1.165) is 50.4 Å². The number of halogens is 3. The molecule has 8 heteroatoms. The third kappa shape index (κ3) is 6.21. The van der Waals surface area contributed by atoms with Gasteiger partial charge in [0.15, 0.2) is 0 Å². The van der Waals surface area contributed by atoms with E-state index in [2.05, 4.69) is 33.1 Å². The van der Waals surface area contributed by atoms with E-state index >= 15 is 0 Å². The fourth-order valence-corrected chi connectivity index (χ4v) is 4.14. The number of alkyl halides is 3. The monoisotopic (exact) mass is 468 g/mol. The van der Waals surface area contributed by atoms with Crippen LogP contribution in [-0.4, -0.2) is 46.4 Å². The molecule has 0 spiro atoms. The Morgan fingerprint density at radius 1 is 1.00 bits per heavy atom. The minimum atomic E-state index is -4.40. The Morgan fingerprint density at radius 3 is 2.35 bits per heavy atom. The van der Waals surface area contributed by atoms with Crippen molar-refractivity contribution in [1.29, 1.82) is 0 Å². The van der Waals surface area contributed by atoms with Crippen molar-refractivity contribution in [1.82, 2.24) is 14.8 Å². The summed E-state index contributed by atoms with van der Waals surface area (Å²) >= 11 is 0. The molecule has 178 valence electrons. The normalized spacial score (nSPS) is 17.5. The summed E-state index contributed by atoms with van der Waals surface area (Å²) in [6, 6.07) is 16.2. The average molecular weight is 469 g/mol. The van der Waals surface area contributed by atoms with Gasteiger partial charge in [-0.2, -0.15) is 13.2 Å². The van der Waals surface area contributed by atoms with Crippen molar-refractivity contribution < 1.29 is 18.0 Å². The van der Waals surface area contributed by atoms with Gasteiger partial charge in [-0.1, -0.05) is 18.2 Å². The summed E-state index contributed by atoms with van der Waals surface area (Å²) in [5.41, 5.74) is 2.35. The van der Waals surface area contributed by atoms with Crippen molar-refractivity contribution in [2.75, 3.05) is 25.0 Å². The maximum atomic E-state index is 12.7. The zero-order chi connectivity index (χ0) is 24.1. The molecule has 1 N–H and O–H groups in total. The van der Waals surface area contributed by atoms with Crippen molar-refractivity contribution >= 4 is 11.6 Å². The fourth-order valence-electron chi connectivity index (χ4n) is 4.14. The molecule has 0 bridgehead atoms. The molecule has 0 saturated carbocycles. The van der Waals surface area contributed by atoms with E-state index in [1.165, 1.54) is 17.7 Å². The number of carbonyl (C=O) groups excluding carboxylic acids is 1. The molecule has 1 aliphatic heterocycles. The number of benzene rings is 2. The molecular weight excluding hydrogens is 441 g/mol. The molecule has 5 nitrogen and oxygen atoms in total. The van der Waals surface area contributed by atoms with E-state index in [1.807, 2.05) is 24.4 Å². The van der Waals surface area contributed by atoms with Crippen LogP contribution in [0.15, 0.2) is 73.1 Å². The highest BCUT2D eigenvalue weighted by atomic mass is 19.4. The summed E-state index contributed by atoms with van der Waals surface area (Å²) in [7, 11) is 0. The van der Waals surface area contributed by atoms with Crippen molar-refractivity contribution in [2.45, 2.75) is 32.2 Å². The van der Waals surface area contributed by atoms with Crippen LogP contribution < -0.4 is 5.32 Å². The summed E-state index contributed by atoms with van der Waals surface area (Å²) in [6.45, 7) is 6.82. The van der Waals surface area contributed by atoms with Gasteiger partial charge in [-0.3, -0.25) is 19.6 Å².